The van der Waals surface area contributed by atoms with E-state index in [9.17, 15) is 0 Å². The van der Waals surface area contributed by atoms with Crippen molar-refractivity contribution in [3.8, 4) is 0 Å². The molecule has 88 valence electrons. The Labute approximate surface area is 97.4 Å². The van der Waals surface area contributed by atoms with Crippen LogP contribution in [0.2, 0.25) is 0 Å². The highest BCUT2D eigenvalue weighted by Crippen LogP contribution is 2.26. The molecule has 1 aliphatic heterocycles. The summed E-state index contributed by atoms with van der Waals surface area (Å²) in [5.41, 5.74) is 15.3. The maximum absolute atomic E-state index is 5.93. The van der Waals surface area contributed by atoms with Gasteiger partial charge in [0.25, 0.3) is 0 Å². The first kappa shape index (κ1) is 11.4. The van der Waals surface area contributed by atoms with Crippen molar-refractivity contribution in [3.05, 3.63) is 29.3 Å². The monoisotopic (exact) mass is 219 g/mol. The summed E-state index contributed by atoms with van der Waals surface area (Å²) < 4.78 is 0. The smallest absolute Gasteiger partial charge is 0.0419 e. The fraction of sp³-hybridized carbons (Fsp3) is 0.538. The number of aryl methyl sites for hydroxylation is 1. The number of hydrogen-bond donors (Lipinski definition) is 2. The maximum Gasteiger partial charge on any atom is 0.0419 e. The summed E-state index contributed by atoms with van der Waals surface area (Å²) in [4.78, 5) is 2.45. The Balaban J connectivity index is 2.22. The Bertz CT molecular complexity index is 356. The summed E-state index contributed by atoms with van der Waals surface area (Å²) in [5.74, 6) is 0. The van der Waals surface area contributed by atoms with Crippen molar-refractivity contribution in [1.82, 2.24) is 0 Å². The Hall–Kier alpha value is -1.06. The molecule has 1 atom stereocenters. The van der Waals surface area contributed by atoms with Gasteiger partial charge in [0.1, 0.15) is 0 Å². The minimum Gasteiger partial charge on any atom is -0.371 e. The molecule has 1 aromatic carbocycles. The lowest BCUT2D eigenvalue weighted by Crippen LogP contribution is -2.22. The molecule has 0 radical (unpaired) electrons. The summed E-state index contributed by atoms with van der Waals surface area (Å²) in [5, 5.41) is 0. The van der Waals surface area contributed by atoms with Gasteiger partial charge >= 0.3 is 0 Å². The average molecular weight is 219 g/mol. The first-order valence-corrected chi connectivity index (χ1v) is 6.03. The Morgan fingerprint density at radius 3 is 2.56 bits per heavy atom. The average Bonchev–Trinajstić information content (AvgIpc) is 2.81. The van der Waals surface area contributed by atoms with Crippen LogP contribution in [0.25, 0.3) is 0 Å². The zero-order valence-corrected chi connectivity index (χ0v) is 9.95. The highest BCUT2D eigenvalue weighted by Gasteiger charge is 2.15. The largest absolute Gasteiger partial charge is 0.371 e. The van der Waals surface area contributed by atoms with E-state index in [0.29, 0.717) is 6.54 Å². The third kappa shape index (κ3) is 2.20. The molecular formula is C13H21N3. The molecule has 1 aliphatic rings. The van der Waals surface area contributed by atoms with Crippen LogP contribution in [0.5, 0.6) is 0 Å². The zero-order valence-electron chi connectivity index (χ0n) is 9.95. The van der Waals surface area contributed by atoms with Gasteiger partial charge < -0.3 is 16.4 Å². The normalized spacial score (nSPS) is 17.8. The predicted molar refractivity (Wildman–Crippen MR) is 68.6 cm³/mol. The number of nitrogens with zero attached hydrogens (tertiary/aromatic N) is 1. The van der Waals surface area contributed by atoms with Crippen LogP contribution in [-0.4, -0.2) is 19.6 Å². The van der Waals surface area contributed by atoms with Gasteiger partial charge in [-0.3, -0.25) is 0 Å². The number of rotatable bonds is 3. The second kappa shape index (κ2) is 4.85. The number of benzene rings is 1. The number of hydrogen-bond acceptors (Lipinski definition) is 3. The molecule has 0 unspecified atom stereocenters. The van der Waals surface area contributed by atoms with E-state index in [-0.39, 0.29) is 6.04 Å². The van der Waals surface area contributed by atoms with Crippen LogP contribution >= 0.6 is 0 Å². The van der Waals surface area contributed by atoms with Crippen molar-refractivity contribution in [2.24, 2.45) is 11.5 Å². The Morgan fingerprint density at radius 1 is 1.31 bits per heavy atom. The standard InChI is InChI=1S/C13H21N3/c1-10-8-11(12(15)9-14)4-5-13(10)16-6-2-3-7-16/h4-5,8,12H,2-3,6-7,9,14-15H2,1H3/t12-/m0/s1. The fourth-order valence-electron chi connectivity index (χ4n) is 2.36. The second-order valence-electron chi connectivity index (χ2n) is 4.58. The van der Waals surface area contributed by atoms with Gasteiger partial charge in [0.15, 0.2) is 0 Å². The Kier molecular flexibility index (Phi) is 3.46. The molecule has 0 aromatic heterocycles. The summed E-state index contributed by atoms with van der Waals surface area (Å²) in [6, 6.07) is 6.43. The zero-order chi connectivity index (χ0) is 11.5. The van der Waals surface area contributed by atoms with E-state index in [4.69, 9.17) is 11.5 Å². The van der Waals surface area contributed by atoms with Gasteiger partial charge in [0, 0.05) is 31.4 Å². The van der Waals surface area contributed by atoms with E-state index in [2.05, 4.69) is 30.0 Å². The van der Waals surface area contributed by atoms with Crippen molar-refractivity contribution < 1.29 is 0 Å². The molecule has 1 heterocycles. The molecule has 0 aliphatic carbocycles. The van der Waals surface area contributed by atoms with Gasteiger partial charge in [-0.05, 0) is 37.0 Å². The van der Waals surface area contributed by atoms with Crippen molar-refractivity contribution in [1.29, 1.82) is 0 Å². The van der Waals surface area contributed by atoms with E-state index in [1.807, 2.05) is 0 Å². The van der Waals surface area contributed by atoms with Gasteiger partial charge in [-0.15, -0.1) is 0 Å². The summed E-state index contributed by atoms with van der Waals surface area (Å²) in [6.45, 7) is 5.02. The first-order chi connectivity index (χ1) is 7.72. The van der Waals surface area contributed by atoms with E-state index >= 15 is 0 Å². The van der Waals surface area contributed by atoms with Crippen LogP contribution in [0.4, 0.5) is 5.69 Å². The molecule has 3 heteroatoms. The van der Waals surface area contributed by atoms with Crippen molar-refractivity contribution in [3.63, 3.8) is 0 Å². The fourth-order valence-corrected chi connectivity index (χ4v) is 2.36. The number of anilines is 1. The van der Waals surface area contributed by atoms with Gasteiger partial charge in [-0.1, -0.05) is 12.1 Å². The van der Waals surface area contributed by atoms with Crippen LogP contribution in [0, 0.1) is 6.92 Å². The molecule has 1 saturated heterocycles. The molecule has 3 nitrogen and oxygen atoms in total. The van der Waals surface area contributed by atoms with E-state index in [1.165, 1.54) is 37.2 Å². The van der Waals surface area contributed by atoms with Gasteiger partial charge in [0.2, 0.25) is 0 Å². The van der Waals surface area contributed by atoms with E-state index < -0.39 is 0 Å². The highest BCUT2D eigenvalue weighted by molar-refractivity contribution is 5.55. The van der Waals surface area contributed by atoms with Crippen LogP contribution < -0.4 is 16.4 Å². The van der Waals surface area contributed by atoms with Crippen molar-refractivity contribution in [2.45, 2.75) is 25.8 Å². The summed E-state index contributed by atoms with van der Waals surface area (Å²) >= 11 is 0. The lowest BCUT2D eigenvalue weighted by Gasteiger charge is -2.21. The molecule has 2 rings (SSSR count). The third-order valence-electron chi connectivity index (χ3n) is 3.35. The van der Waals surface area contributed by atoms with E-state index in [0.717, 1.165) is 5.56 Å². The molecule has 0 bridgehead atoms. The lowest BCUT2D eigenvalue weighted by molar-refractivity contribution is 0.736. The molecule has 16 heavy (non-hydrogen) atoms. The van der Waals surface area contributed by atoms with Crippen LogP contribution in [-0.2, 0) is 0 Å². The summed E-state index contributed by atoms with van der Waals surface area (Å²) in [6.07, 6.45) is 2.62. The predicted octanol–water partition coefficient (Wildman–Crippen LogP) is 1.55. The number of nitrogens with two attached hydrogens (primary N) is 2. The topological polar surface area (TPSA) is 55.3 Å². The van der Waals surface area contributed by atoms with E-state index in [1.54, 1.807) is 0 Å². The first-order valence-electron chi connectivity index (χ1n) is 6.03. The molecule has 1 fully saturated rings. The molecule has 1 aromatic rings. The summed E-state index contributed by atoms with van der Waals surface area (Å²) in [7, 11) is 0. The Morgan fingerprint density at radius 2 is 2.00 bits per heavy atom. The molecular weight excluding hydrogens is 198 g/mol. The quantitative estimate of drug-likeness (QED) is 0.811. The maximum atomic E-state index is 5.93. The second-order valence-corrected chi connectivity index (χ2v) is 4.58. The van der Waals surface area contributed by atoms with Gasteiger partial charge in [0.05, 0.1) is 0 Å². The molecule has 0 amide bonds. The minimum atomic E-state index is -0.0358. The van der Waals surface area contributed by atoms with Crippen molar-refractivity contribution in [2.75, 3.05) is 24.5 Å². The highest BCUT2D eigenvalue weighted by atomic mass is 15.1. The molecule has 4 N–H and O–H groups in total. The van der Waals surface area contributed by atoms with Crippen molar-refractivity contribution >= 4 is 5.69 Å². The van der Waals surface area contributed by atoms with Gasteiger partial charge in [-0.25, -0.2) is 0 Å². The minimum absolute atomic E-state index is 0.0358. The molecule has 0 spiro atoms. The van der Waals surface area contributed by atoms with Crippen LogP contribution in [0.15, 0.2) is 18.2 Å². The SMILES string of the molecule is Cc1cc([C@@H](N)CN)ccc1N1CCCC1. The van der Waals surface area contributed by atoms with Gasteiger partial charge in [-0.2, -0.15) is 0 Å². The van der Waals surface area contributed by atoms with Crippen LogP contribution in [0.1, 0.15) is 30.0 Å². The third-order valence-corrected chi connectivity index (χ3v) is 3.35. The molecule has 0 saturated carbocycles. The van der Waals surface area contributed by atoms with Crippen LogP contribution in [0.3, 0.4) is 0 Å². The lowest BCUT2D eigenvalue weighted by atomic mass is 10.0.